The summed E-state index contributed by atoms with van der Waals surface area (Å²) in [5, 5.41) is 9.59. The van der Waals surface area contributed by atoms with Crippen molar-refractivity contribution in [1.29, 1.82) is 0 Å². The third-order valence-corrected chi connectivity index (χ3v) is 7.70. The second-order valence-corrected chi connectivity index (χ2v) is 9.97. The van der Waals surface area contributed by atoms with Gasteiger partial charge >= 0.3 is 0 Å². The number of halogens is 1. The van der Waals surface area contributed by atoms with E-state index >= 15 is 0 Å². The number of thiophene rings is 1. The molecule has 3 N–H and O–H groups in total. The van der Waals surface area contributed by atoms with E-state index in [1.54, 1.807) is 12.1 Å². The quantitative estimate of drug-likeness (QED) is 0.633. The Morgan fingerprint density at radius 1 is 1.08 bits per heavy atom. The Bertz CT molecular complexity index is 891. The minimum atomic E-state index is -3.90. The summed E-state index contributed by atoms with van der Waals surface area (Å²) in [4.78, 5) is 0.0592. The van der Waals surface area contributed by atoms with Gasteiger partial charge in [0.05, 0.1) is 9.79 Å². The van der Waals surface area contributed by atoms with Gasteiger partial charge in [-0.05, 0) is 36.7 Å². The molecule has 0 saturated carbocycles. The molecule has 0 amide bonds. The molecule has 0 fully saturated rings. The lowest BCUT2D eigenvalue weighted by Crippen LogP contribution is -2.14. The van der Waals surface area contributed by atoms with Crippen molar-refractivity contribution >= 4 is 43.6 Å². The first-order valence-corrected chi connectivity index (χ1v) is 11.3. The van der Waals surface area contributed by atoms with Crippen molar-refractivity contribution in [2.75, 3.05) is 6.54 Å². The van der Waals surface area contributed by atoms with Crippen LogP contribution in [0, 0.1) is 0 Å². The maximum Gasteiger partial charge on any atom is 0.247 e. The smallest absolute Gasteiger partial charge is 0.247 e. The van der Waals surface area contributed by atoms with Crippen molar-refractivity contribution in [3.8, 4) is 0 Å². The fourth-order valence-corrected chi connectivity index (χ4v) is 5.35. The zero-order chi connectivity index (χ0) is 17.8. The molecule has 2 aromatic rings. The van der Waals surface area contributed by atoms with Gasteiger partial charge < -0.3 is 5.32 Å². The van der Waals surface area contributed by atoms with Crippen LogP contribution in [0.3, 0.4) is 0 Å². The summed E-state index contributed by atoms with van der Waals surface area (Å²) in [5.41, 5.74) is 0.987. The predicted molar refractivity (Wildman–Crippen MR) is 101 cm³/mol. The molecule has 140 valence electrons. The second-order valence-electron chi connectivity index (χ2n) is 5.32. The van der Waals surface area contributed by atoms with Crippen LogP contribution in [0.25, 0.3) is 0 Å². The van der Waals surface area contributed by atoms with Crippen LogP contribution >= 0.6 is 23.7 Å². The molecule has 0 saturated heterocycles. The van der Waals surface area contributed by atoms with E-state index in [1.807, 2.05) is 0 Å². The van der Waals surface area contributed by atoms with Gasteiger partial charge in [-0.3, -0.25) is 0 Å². The van der Waals surface area contributed by atoms with E-state index < -0.39 is 19.9 Å². The summed E-state index contributed by atoms with van der Waals surface area (Å²) in [6.45, 7) is 3.71. The molecule has 0 aliphatic heterocycles. The first-order valence-electron chi connectivity index (χ1n) is 7.41. The van der Waals surface area contributed by atoms with E-state index in [9.17, 15) is 16.8 Å². The zero-order valence-corrected chi connectivity index (χ0v) is 16.9. The number of sulfone groups is 1. The fourth-order valence-electron chi connectivity index (χ4n) is 2.05. The summed E-state index contributed by atoms with van der Waals surface area (Å²) in [6, 6.07) is 7.65. The normalized spacial score (nSPS) is 11.9. The molecule has 0 bridgehead atoms. The molecule has 0 radical (unpaired) electrons. The van der Waals surface area contributed by atoms with Crippen LogP contribution in [0.5, 0.6) is 0 Å². The van der Waals surface area contributed by atoms with E-state index in [0.29, 0.717) is 6.54 Å². The zero-order valence-electron chi connectivity index (χ0n) is 13.6. The Morgan fingerprint density at radius 2 is 1.72 bits per heavy atom. The molecule has 0 aliphatic rings. The first kappa shape index (κ1) is 22.1. The molecule has 10 heteroatoms. The van der Waals surface area contributed by atoms with Crippen molar-refractivity contribution in [3.63, 3.8) is 0 Å². The third kappa shape index (κ3) is 5.77. The average molecular weight is 425 g/mol. The highest BCUT2D eigenvalue weighted by atomic mass is 35.5. The van der Waals surface area contributed by atoms with E-state index in [-0.39, 0.29) is 26.4 Å². The number of primary sulfonamides is 1. The number of hydrogen-bond acceptors (Lipinski definition) is 6. The summed E-state index contributed by atoms with van der Waals surface area (Å²) in [6.07, 6.45) is 2.21. The fraction of sp³-hybridized carbons (Fsp3) is 0.333. The number of hydrogen-bond donors (Lipinski definition) is 2. The van der Waals surface area contributed by atoms with Gasteiger partial charge in [0.1, 0.15) is 4.21 Å². The molecule has 1 heterocycles. The number of unbranched alkanes of at least 4 members (excludes halogenated alkanes) is 1. The maximum absolute atomic E-state index is 12.5. The molecule has 0 unspecified atom stereocenters. The molecular weight excluding hydrogens is 404 g/mol. The van der Waals surface area contributed by atoms with Crippen molar-refractivity contribution in [2.45, 2.75) is 40.3 Å². The molecule has 0 aliphatic carbocycles. The third-order valence-electron chi connectivity index (χ3n) is 3.41. The standard InChI is InChI=1S/C15H20N2O4S3.ClH/c1-2-3-8-17-10-12-4-6-13(7-5-12)23(18,19)14-9-15(22-11-14)24(16,20)21;/h4-7,9,11,17H,2-3,8,10H2,1H3,(H2,16,20,21);1H. The molecular formula is C15H21ClN2O4S3. The highest BCUT2D eigenvalue weighted by Gasteiger charge is 2.22. The van der Waals surface area contributed by atoms with E-state index in [1.165, 1.54) is 17.5 Å². The van der Waals surface area contributed by atoms with E-state index in [0.717, 1.165) is 42.4 Å². The van der Waals surface area contributed by atoms with Gasteiger partial charge in [0.2, 0.25) is 19.9 Å². The van der Waals surface area contributed by atoms with Crippen LogP contribution in [0.4, 0.5) is 0 Å². The van der Waals surface area contributed by atoms with Crippen LogP contribution in [-0.2, 0) is 26.4 Å². The number of nitrogens with one attached hydrogen (secondary N) is 1. The van der Waals surface area contributed by atoms with Crippen LogP contribution < -0.4 is 10.5 Å². The Kier molecular flexibility index (Phi) is 8.04. The van der Waals surface area contributed by atoms with Crippen molar-refractivity contribution in [3.05, 3.63) is 41.3 Å². The van der Waals surface area contributed by atoms with Crippen LogP contribution in [-0.4, -0.2) is 23.4 Å². The van der Waals surface area contributed by atoms with Gasteiger partial charge in [0, 0.05) is 11.9 Å². The summed E-state index contributed by atoms with van der Waals surface area (Å²) in [7, 11) is -7.65. The van der Waals surface area contributed by atoms with Gasteiger partial charge in [-0.1, -0.05) is 25.5 Å². The second kappa shape index (κ2) is 9.11. The Balaban J connectivity index is 0.00000312. The van der Waals surface area contributed by atoms with Crippen molar-refractivity contribution < 1.29 is 16.8 Å². The van der Waals surface area contributed by atoms with Gasteiger partial charge in [-0.25, -0.2) is 22.0 Å². The molecule has 1 aromatic heterocycles. The molecule has 25 heavy (non-hydrogen) atoms. The lowest BCUT2D eigenvalue weighted by molar-refractivity contribution is 0.596. The van der Waals surface area contributed by atoms with Gasteiger partial charge in [0.25, 0.3) is 0 Å². The number of rotatable bonds is 8. The van der Waals surface area contributed by atoms with Crippen LogP contribution in [0.15, 0.2) is 49.7 Å². The summed E-state index contributed by atoms with van der Waals surface area (Å²) in [5.74, 6) is 0. The van der Waals surface area contributed by atoms with Crippen molar-refractivity contribution in [1.82, 2.24) is 5.32 Å². The lowest BCUT2D eigenvalue weighted by Gasteiger charge is -2.06. The Labute approximate surface area is 158 Å². The topological polar surface area (TPSA) is 106 Å². The highest BCUT2D eigenvalue weighted by molar-refractivity contribution is 7.92. The molecule has 6 nitrogen and oxygen atoms in total. The maximum atomic E-state index is 12.5. The lowest BCUT2D eigenvalue weighted by atomic mass is 10.2. The van der Waals surface area contributed by atoms with E-state index in [2.05, 4.69) is 12.2 Å². The first-order chi connectivity index (χ1) is 11.2. The van der Waals surface area contributed by atoms with Gasteiger partial charge in [0.15, 0.2) is 0 Å². The average Bonchev–Trinajstić information content (AvgIpc) is 3.03. The largest absolute Gasteiger partial charge is 0.313 e. The number of benzene rings is 1. The molecule has 0 spiro atoms. The summed E-state index contributed by atoms with van der Waals surface area (Å²) < 4.78 is 47.5. The van der Waals surface area contributed by atoms with Crippen LogP contribution in [0.1, 0.15) is 25.3 Å². The van der Waals surface area contributed by atoms with Crippen molar-refractivity contribution in [2.24, 2.45) is 5.14 Å². The molecule has 1 aromatic carbocycles. The van der Waals surface area contributed by atoms with Crippen LogP contribution in [0.2, 0.25) is 0 Å². The Morgan fingerprint density at radius 3 is 2.24 bits per heavy atom. The molecule has 0 atom stereocenters. The highest BCUT2D eigenvalue weighted by Crippen LogP contribution is 2.27. The van der Waals surface area contributed by atoms with Gasteiger partial charge in [-0.2, -0.15) is 0 Å². The molecule has 2 rings (SSSR count). The minimum Gasteiger partial charge on any atom is -0.313 e. The summed E-state index contributed by atoms with van der Waals surface area (Å²) >= 11 is 0.795. The predicted octanol–water partition coefficient (Wildman–Crippen LogP) is 2.54. The van der Waals surface area contributed by atoms with E-state index in [4.69, 9.17) is 5.14 Å². The minimum absolute atomic E-state index is 0. The SMILES string of the molecule is CCCCNCc1ccc(S(=O)(=O)c2csc(S(N)(=O)=O)c2)cc1.Cl. The number of sulfonamides is 1. The number of nitrogens with two attached hydrogens (primary N) is 1. The van der Waals surface area contributed by atoms with Gasteiger partial charge in [-0.15, -0.1) is 23.7 Å². The monoisotopic (exact) mass is 424 g/mol. The Hall–Kier alpha value is -0.970.